The van der Waals surface area contributed by atoms with Gasteiger partial charge >= 0.3 is 0 Å². The van der Waals surface area contributed by atoms with E-state index in [4.69, 9.17) is 11.6 Å². The average molecular weight is 179 g/mol. The zero-order chi connectivity index (χ0) is 8.55. The number of hydrogen-bond donors (Lipinski definition) is 1. The number of aromatic nitrogens is 2. The second kappa shape index (κ2) is 2.64. The molecule has 2 rings (SSSR count). The van der Waals surface area contributed by atoms with Crippen LogP contribution in [0.15, 0.2) is 24.9 Å². The minimum absolute atomic E-state index is 0.511. The number of pyridine rings is 1. The van der Waals surface area contributed by atoms with Gasteiger partial charge in [0.15, 0.2) is 0 Å². The van der Waals surface area contributed by atoms with Crippen molar-refractivity contribution in [2.24, 2.45) is 0 Å². The fourth-order valence-corrected chi connectivity index (χ4v) is 1.30. The lowest BCUT2D eigenvalue weighted by atomic mass is 10.3. The maximum Gasteiger partial charge on any atom is 0.129 e. The van der Waals surface area contributed by atoms with E-state index in [0.717, 1.165) is 16.6 Å². The van der Waals surface area contributed by atoms with Crippen molar-refractivity contribution in [3.63, 3.8) is 0 Å². The number of H-pyrrole nitrogens is 1. The number of hydrogen-bond acceptors (Lipinski definition) is 1. The summed E-state index contributed by atoms with van der Waals surface area (Å²) in [6, 6.07) is 3.80. The molecule has 2 aromatic rings. The Labute approximate surface area is 74.9 Å². The van der Waals surface area contributed by atoms with Crippen LogP contribution in [0.5, 0.6) is 0 Å². The van der Waals surface area contributed by atoms with E-state index < -0.39 is 0 Å². The molecule has 0 fully saturated rings. The van der Waals surface area contributed by atoms with Crippen molar-refractivity contribution in [2.45, 2.75) is 0 Å². The summed E-state index contributed by atoms with van der Waals surface area (Å²) in [6.45, 7) is 3.66. The molecule has 2 nitrogen and oxygen atoms in total. The Morgan fingerprint density at radius 2 is 2.33 bits per heavy atom. The normalized spacial score (nSPS) is 10.4. The Morgan fingerprint density at radius 1 is 1.50 bits per heavy atom. The first-order valence-corrected chi connectivity index (χ1v) is 3.94. The molecule has 3 heteroatoms. The van der Waals surface area contributed by atoms with Gasteiger partial charge in [-0.15, -0.1) is 0 Å². The molecule has 0 amide bonds. The third-order valence-electron chi connectivity index (χ3n) is 1.71. The Kier molecular flexibility index (Phi) is 1.62. The average Bonchev–Trinajstić information content (AvgIpc) is 2.46. The summed E-state index contributed by atoms with van der Waals surface area (Å²) >= 11 is 5.72. The predicted molar refractivity (Wildman–Crippen MR) is 51.2 cm³/mol. The molecule has 0 unspecified atom stereocenters. The molecule has 0 aliphatic rings. The summed E-state index contributed by atoms with van der Waals surface area (Å²) in [7, 11) is 0. The fourth-order valence-electron chi connectivity index (χ4n) is 1.14. The minimum atomic E-state index is 0.511. The first-order chi connectivity index (χ1) is 5.79. The van der Waals surface area contributed by atoms with E-state index in [9.17, 15) is 0 Å². The molecule has 1 N–H and O–H groups in total. The van der Waals surface area contributed by atoms with Crippen LogP contribution in [0.25, 0.3) is 17.0 Å². The molecule has 2 aromatic heterocycles. The summed E-state index contributed by atoms with van der Waals surface area (Å²) < 4.78 is 0. The van der Waals surface area contributed by atoms with Gasteiger partial charge in [0.05, 0.1) is 11.7 Å². The Hall–Kier alpha value is -1.28. The van der Waals surface area contributed by atoms with Gasteiger partial charge in [0.1, 0.15) is 5.15 Å². The predicted octanol–water partition coefficient (Wildman–Crippen LogP) is 2.86. The van der Waals surface area contributed by atoms with Crippen LogP contribution in [0, 0.1) is 0 Å². The highest BCUT2D eigenvalue weighted by molar-refractivity contribution is 6.30. The van der Waals surface area contributed by atoms with Crippen molar-refractivity contribution in [3.8, 4) is 0 Å². The van der Waals surface area contributed by atoms with E-state index in [1.165, 1.54) is 0 Å². The number of nitrogens with one attached hydrogen (secondary N) is 1. The van der Waals surface area contributed by atoms with Gasteiger partial charge in [-0.2, -0.15) is 0 Å². The van der Waals surface area contributed by atoms with Gasteiger partial charge in [0.2, 0.25) is 0 Å². The van der Waals surface area contributed by atoms with E-state index in [1.807, 2.05) is 12.1 Å². The highest BCUT2D eigenvalue weighted by Gasteiger charge is 1.98. The highest BCUT2D eigenvalue weighted by atomic mass is 35.5. The first kappa shape index (κ1) is 7.37. The van der Waals surface area contributed by atoms with Crippen LogP contribution in [0.1, 0.15) is 5.69 Å². The van der Waals surface area contributed by atoms with Gasteiger partial charge in [-0.3, -0.25) is 0 Å². The maximum atomic E-state index is 5.72. The van der Waals surface area contributed by atoms with Crippen molar-refractivity contribution in [3.05, 3.63) is 35.8 Å². The third-order valence-corrected chi connectivity index (χ3v) is 1.92. The maximum absolute atomic E-state index is 5.72. The fraction of sp³-hybridized carbons (Fsp3) is 0. The Balaban J connectivity index is 2.75. The van der Waals surface area contributed by atoms with Gasteiger partial charge in [-0.1, -0.05) is 18.2 Å². The molecule has 0 radical (unpaired) electrons. The summed E-state index contributed by atoms with van der Waals surface area (Å²) in [5, 5.41) is 1.57. The van der Waals surface area contributed by atoms with E-state index >= 15 is 0 Å². The van der Waals surface area contributed by atoms with Gasteiger partial charge in [-0.05, 0) is 18.2 Å². The van der Waals surface area contributed by atoms with E-state index in [-0.39, 0.29) is 0 Å². The quantitative estimate of drug-likeness (QED) is 0.669. The molecule has 12 heavy (non-hydrogen) atoms. The number of rotatable bonds is 1. The largest absolute Gasteiger partial charge is 0.354 e. The number of aromatic amines is 1. The van der Waals surface area contributed by atoms with Crippen LogP contribution in [-0.2, 0) is 0 Å². The highest BCUT2D eigenvalue weighted by Crippen LogP contribution is 2.17. The zero-order valence-electron chi connectivity index (χ0n) is 6.34. The summed E-state index contributed by atoms with van der Waals surface area (Å²) in [5.74, 6) is 0. The van der Waals surface area contributed by atoms with Crippen LogP contribution < -0.4 is 0 Å². The summed E-state index contributed by atoms with van der Waals surface area (Å²) in [4.78, 5) is 7.09. The number of fused-ring (bicyclic) bond motifs is 1. The van der Waals surface area contributed by atoms with Crippen molar-refractivity contribution in [1.29, 1.82) is 0 Å². The first-order valence-electron chi connectivity index (χ1n) is 3.56. The van der Waals surface area contributed by atoms with Crippen molar-refractivity contribution in [2.75, 3.05) is 0 Å². The molecular formula is C9H7ClN2. The number of halogens is 1. The molecule has 0 aliphatic heterocycles. The van der Waals surface area contributed by atoms with E-state index in [2.05, 4.69) is 16.5 Å². The molecule has 0 aromatic carbocycles. The second-order valence-electron chi connectivity index (χ2n) is 2.52. The zero-order valence-corrected chi connectivity index (χ0v) is 7.10. The van der Waals surface area contributed by atoms with Crippen molar-refractivity contribution < 1.29 is 0 Å². The molecule has 0 atom stereocenters. The van der Waals surface area contributed by atoms with Crippen LogP contribution in [0.3, 0.4) is 0 Å². The molecule has 2 heterocycles. The lowest BCUT2D eigenvalue weighted by molar-refractivity contribution is 1.33. The lowest BCUT2D eigenvalue weighted by Crippen LogP contribution is -1.73. The molecule has 60 valence electrons. The van der Waals surface area contributed by atoms with Crippen LogP contribution in [0.2, 0.25) is 5.15 Å². The topological polar surface area (TPSA) is 28.7 Å². The lowest BCUT2D eigenvalue weighted by Gasteiger charge is -1.87. The van der Waals surface area contributed by atoms with Gasteiger partial charge < -0.3 is 4.98 Å². The molecule has 0 spiro atoms. The van der Waals surface area contributed by atoms with E-state index in [0.29, 0.717) is 5.15 Å². The third kappa shape index (κ3) is 1.10. The van der Waals surface area contributed by atoms with Crippen molar-refractivity contribution >= 4 is 28.6 Å². The van der Waals surface area contributed by atoms with Gasteiger partial charge in [0.25, 0.3) is 0 Å². The smallest absolute Gasteiger partial charge is 0.129 e. The molecule has 0 saturated heterocycles. The minimum Gasteiger partial charge on any atom is -0.354 e. The second-order valence-corrected chi connectivity index (χ2v) is 2.91. The molecular weight excluding hydrogens is 172 g/mol. The summed E-state index contributed by atoms with van der Waals surface area (Å²) in [5.41, 5.74) is 1.96. The monoisotopic (exact) mass is 178 g/mol. The molecule has 0 bridgehead atoms. The van der Waals surface area contributed by atoms with Crippen molar-refractivity contribution in [1.82, 2.24) is 9.97 Å². The van der Waals surface area contributed by atoms with Crippen LogP contribution in [0.4, 0.5) is 0 Å². The van der Waals surface area contributed by atoms with E-state index in [1.54, 1.807) is 12.3 Å². The standard InChI is InChI=1S/C9H7ClN2/c1-2-7-3-6-4-9(10)11-5-8(6)12-7/h2-5,12H,1H2. The Morgan fingerprint density at radius 3 is 3.08 bits per heavy atom. The molecule has 0 aliphatic carbocycles. The van der Waals surface area contributed by atoms with Crippen LogP contribution >= 0.6 is 11.6 Å². The van der Waals surface area contributed by atoms with Crippen LogP contribution in [-0.4, -0.2) is 9.97 Å². The molecule has 0 saturated carbocycles. The summed E-state index contributed by atoms with van der Waals surface area (Å²) in [6.07, 6.45) is 3.47. The SMILES string of the molecule is C=Cc1cc2cc(Cl)ncc2[nH]1. The number of nitrogens with zero attached hydrogens (tertiary/aromatic N) is 1. The van der Waals surface area contributed by atoms with Gasteiger partial charge in [-0.25, -0.2) is 4.98 Å². The van der Waals surface area contributed by atoms with Gasteiger partial charge in [0, 0.05) is 11.1 Å². The Bertz CT molecular complexity index is 431.